The summed E-state index contributed by atoms with van der Waals surface area (Å²) in [6.07, 6.45) is 6.43. The molecule has 1 unspecified atom stereocenters. The van der Waals surface area contributed by atoms with E-state index in [9.17, 15) is 5.11 Å². The summed E-state index contributed by atoms with van der Waals surface area (Å²) in [4.78, 5) is 11.2. The Balaban J connectivity index is 1.18. The van der Waals surface area contributed by atoms with Gasteiger partial charge in [-0.25, -0.2) is 9.97 Å². The van der Waals surface area contributed by atoms with E-state index in [-0.39, 0.29) is 17.9 Å². The van der Waals surface area contributed by atoms with Gasteiger partial charge in [0, 0.05) is 25.2 Å². The molecule has 5 heterocycles. The van der Waals surface area contributed by atoms with Crippen molar-refractivity contribution in [1.29, 1.82) is 0 Å². The minimum absolute atomic E-state index is 0.157. The van der Waals surface area contributed by atoms with Gasteiger partial charge < -0.3 is 25.8 Å². The van der Waals surface area contributed by atoms with Crippen LogP contribution in [-0.2, 0) is 0 Å². The van der Waals surface area contributed by atoms with E-state index in [4.69, 9.17) is 10.5 Å². The number of aromatic hydroxyl groups is 1. The third-order valence-corrected chi connectivity index (χ3v) is 6.68. The smallest absolute Gasteiger partial charge is 0.225 e. The van der Waals surface area contributed by atoms with E-state index >= 15 is 0 Å². The summed E-state index contributed by atoms with van der Waals surface area (Å²) >= 11 is 0. The van der Waals surface area contributed by atoms with Crippen LogP contribution in [0.2, 0.25) is 0 Å². The summed E-state index contributed by atoms with van der Waals surface area (Å²) in [5, 5.41) is 26.7. The second-order valence-corrected chi connectivity index (χ2v) is 8.98. The SMILES string of the molecule is Nc1nn(C2CCN(c3ncc(OC4CCNC4)cn3)CC2)c2cc(-c3ccccc3O)nnc12. The lowest BCUT2D eigenvalue weighted by molar-refractivity contribution is 0.221. The zero-order valence-corrected chi connectivity index (χ0v) is 19.2. The Kier molecular flexibility index (Phi) is 5.53. The van der Waals surface area contributed by atoms with Crippen LogP contribution in [0.1, 0.15) is 25.3 Å². The van der Waals surface area contributed by atoms with Gasteiger partial charge in [0.1, 0.15) is 11.9 Å². The van der Waals surface area contributed by atoms with Crippen molar-refractivity contribution in [2.45, 2.75) is 31.4 Å². The molecule has 11 nitrogen and oxygen atoms in total. The van der Waals surface area contributed by atoms with Crippen LogP contribution in [0.15, 0.2) is 42.7 Å². The Morgan fingerprint density at radius 1 is 1.06 bits per heavy atom. The van der Waals surface area contributed by atoms with Crippen molar-refractivity contribution < 1.29 is 9.84 Å². The van der Waals surface area contributed by atoms with Gasteiger partial charge in [0.05, 0.1) is 29.6 Å². The number of ether oxygens (including phenoxy) is 1. The third-order valence-electron chi connectivity index (χ3n) is 6.68. The van der Waals surface area contributed by atoms with Crippen molar-refractivity contribution in [1.82, 2.24) is 35.3 Å². The maximum Gasteiger partial charge on any atom is 0.225 e. The first kappa shape index (κ1) is 21.5. The molecule has 180 valence electrons. The summed E-state index contributed by atoms with van der Waals surface area (Å²) in [7, 11) is 0. The van der Waals surface area contributed by atoms with E-state index in [1.165, 1.54) is 0 Å². The Hall–Kier alpha value is -3.99. The molecule has 3 aromatic heterocycles. The third kappa shape index (κ3) is 4.18. The second kappa shape index (κ2) is 8.99. The number of benzene rings is 1. The molecule has 2 fully saturated rings. The molecule has 11 heteroatoms. The Bertz CT molecular complexity index is 1330. The summed E-state index contributed by atoms with van der Waals surface area (Å²) in [5.41, 5.74) is 8.75. The number of rotatable bonds is 5. The molecule has 6 rings (SSSR count). The highest BCUT2D eigenvalue weighted by Crippen LogP contribution is 2.33. The van der Waals surface area contributed by atoms with Gasteiger partial charge in [0.15, 0.2) is 17.1 Å². The summed E-state index contributed by atoms with van der Waals surface area (Å²) in [5.74, 6) is 1.93. The lowest BCUT2D eigenvalue weighted by Crippen LogP contribution is -2.36. The van der Waals surface area contributed by atoms with Crippen LogP contribution in [0.5, 0.6) is 11.5 Å². The van der Waals surface area contributed by atoms with Crippen LogP contribution in [0.25, 0.3) is 22.3 Å². The van der Waals surface area contributed by atoms with Gasteiger partial charge in [0.25, 0.3) is 0 Å². The number of nitrogens with zero attached hydrogens (tertiary/aromatic N) is 7. The van der Waals surface area contributed by atoms with E-state index in [1.54, 1.807) is 24.5 Å². The number of aromatic nitrogens is 6. The van der Waals surface area contributed by atoms with Gasteiger partial charge in [-0.05, 0) is 44.0 Å². The molecule has 4 aromatic rings. The van der Waals surface area contributed by atoms with E-state index < -0.39 is 0 Å². The number of anilines is 2. The van der Waals surface area contributed by atoms with E-state index in [0.29, 0.717) is 34.3 Å². The van der Waals surface area contributed by atoms with Crippen LogP contribution in [-0.4, -0.2) is 67.3 Å². The van der Waals surface area contributed by atoms with Crippen LogP contribution in [0.3, 0.4) is 0 Å². The monoisotopic (exact) mass is 473 g/mol. The number of nitrogens with two attached hydrogens (primary N) is 1. The van der Waals surface area contributed by atoms with Crippen LogP contribution >= 0.6 is 0 Å². The quantitative estimate of drug-likeness (QED) is 0.395. The number of para-hydroxylation sites is 1. The molecule has 0 saturated carbocycles. The number of hydrogen-bond acceptors (Lipinski definition) is 10. The predicted octanol–water partition coefficient (Wildman–Crippen LogP) is 2.15. The lowest BCUT2D eigenvalue weighted by atomic mass is 10.1. The molecule has 0 spiro atoms. The molecule has 0 bridgehead atoms. The zero-order valence-electron chi connectivity index (χ0n) is 19.2. The Labute approximate surface area is 202 Å². The number of phenols is 1. The molecule has 4 N–H and O–H groups in total. The van der Waals surface area contributed by atoms with Crippen LogP contribution in [0.4, 0.5) is 11.8 Å². The van der Waals surface area contributed by atoms with E-state index in [0.717, 1.165) is 51.0 Å². The fourth-order valence-corrected chi connectivity index (χ4v) is 4.82. The minimum atomic E-state index is 0.157. The number of hydrogen-bond donors (Lipinski definition) is 3. The summed E-state index contributed by atoms with van der Waals surface area (Å²) in [6, 6.07) is 9.14. The fraction of sp³-hybridized carbons (Fsp3) is 0.375. The van der Waals surface area contributed by atoms with Crippen molar-refractivity contribution >= 4 is 22.8 Å². The van der Waals surface area contributed by atoms with Crippen molar-refractivity contribution in [3.8, 4) is 22.8 Å². The van der Waals surface area contributed by atoms with Gasteiger partial charge in [-0.15, -0.1) is 10.2 Å². The molecular formula is C24H27N9O2. The molecule has 35 heavy (non-hydrogen) atoms. The molecule has 2 saturated heterocycles. The van der Waals surface area contributed by atoms with Gasteiger partial charge in [-0.2, -0.15) is 5.10 Å². The normalized spacial score (nSPS) is 18.9. The first-order chi connectivity index (χ1) is 17.2. The predicted molar refractivity (Wildman–Crippen MR) is 131 cm³/mol. The standard InChI is InChI=1S/C24H27N9O2/c25-23-22-20(11-19(29-30-22)18-3-1-2-4-21(18)34)33(31-23)15-6-9-32(10-7-15)24-27-13-17(14-28-24)35-16-5-8-26-12-16/h1-4,11,13-16,26,34H,5-10,12H2,(H2,25,31). The molecule has 2 aliphatic rings. The topological polar surface area (TPSA) is 140 Å². The number of piperidine rings is 1. The molecule has 0 radical (unpaired) electrons. The van der Waals surface area contributed by atoms with Crippen molar-refractivity contribution in [3.05, 3.63) is 42.7 Å². The molecular weight excluding hydrogens is 446 g/mol. The van der Waals surface area contributed by atoms with Crippen molar-refractivity contribution in [2.24, 2.45) is 0 Å². The molecule has 2 aliphatic heterocycles. The highest BCUT2D eigenvalue weighted by atomic mass is 16.5. The Morgan fingerprint density at radius 2 is 1.86 bits per heavy atom. The average Bonchev–Trinajstić information content (AvgIpc) is 3.52. The second-order valence-electron chi connectivity index (χ2n) is 8.98. The highest BCUT2D eigenvalue weighted by molar-refractivity contribution is 5.87. The first-order valence-electron chi connectivity index (χ1n) is 11.9. The number of phenolic OH excluding ortho intramolecular Hbond substituents is 1. The average molecular weight is 474 g/mol. The first-order valence-corrected chi connectivity index (χ1v) is 11.9. The van der Waals surface area contributed by atoms with Crippen molar-refractivity contribution in [3.63, 3.8) is 0 Å². The summed E-state index contributed by atoms with van der Waals surface area (Å²) in [6.45, 7) is 3.44. The largest absolute Gasteiger partial charge is 0.507 e. The van der Waals surface area contributed by atoms with Gasteiger partial charge in [0.2, 0.25) is 5.95 Å². The minimum Gasteiger partial charge on any atom is -0.507 e. The lowest BCUT2D eigenvalue weighted by Gasteiger charge is -2.32. The highest BCUT2D eigenvalue weighted by Gasteiger charge is 2.26. The zero-order chi connectivity index (χ0) is 23.8. The van der Waals surface area contributed by atoms with Gasteiger partial charge in [-0.1, -0.05) is 12.1 Å². The molecule has 1 atom stereocenters. The summed E-state index contributed by atoms with van der Waals surface area (Å²) < 4.78 is 7.88. The van der Waals surface area contributed by atoms with Gasteiger partial charge >= 0.3 is 0 Å². The van der Waals surface area contributed by atoms with Crippen molar-refractivity contribution in [2.75, 3.05) is 36.8 Å². The maximum atomic E-state index is 10.2. The van der Waals surface area contributed by atoms with E-state index in [1.807, 2.05) is 22.9 Å². The van der Waals surface area contributed by atoms with E-state index in [2.05, 4.69) is 35.5 Å². The number of fused-ring (bicyclic) bond motifs is 1. The van der Waals surface area contributed by atoms with Crippen LogP contribution < -0.4 is 20.7 Å². The van der Waals surface area contributed by atoms with Gasteiger partial charge in [-0.3, -0.25) is 4.68 Å². The maximum absolute atomic E-state index is 10.2. The van der Waals surface area contributed by atoms with Crippen LogP contribution in [0, 0.1) is 0 Å². The molecule has 0 aliphatic carbocycles. The molecule has 1 aromatic carbocycles. The Morgan fingerprint density at radius 3 is 2.60 bits per heavy atom. The molecule has 0 amide bonds. The number of nitrogens with one attached hydrogen (secondary N) is 1. The fourth-order valence-electron chi connectivity index (χ4n) is 4.82. The number of nitrogen functional groups attached to an aromatic ring is 1.